The summed E-state index contributed by atoms with van der Waals surface area (Å²) >= 11 is 0. The van der Waals surface area contributed by atoms with Crippen molar-refractivity contribution >= 4 is 11.9 Å². The summed E-state index contributed by atoms with van der Waals surface area (Å²) in [6.07, 6.45) is 2.02. The number of hydrogen-bond donors (Lipinski definition) is 2. The first kappa shape index (κ1) is 19.1. The third-order valence-corrected chi connectivity index (χ3v) is 4.28. The van der Waals surface area contributed by atoms with Crippen molar-refractivity contribution in [2.24, 2.45) is 5.41 Å². The minimum absolute atomic E-state index is 0.0966. The van der Waals surface area contributed by atoms with Crippen LogP contribution in [0.3, 0.4) is 0 Å². The lowest BCUT2D eigenvalue weighted by atomic mass is 9.82. The van der Waals surface area contributed by atoms with Crippen LogP contribution >= 0.6 is 0 Å². The Balaban J connectivity index is 2.42. The molecule has 1 rings (SSSR count). The van der Waals surface area contributed by atoms with Crippen LogP contribution in [-0.2, 0) is 16.0 Å². The van der Waals surface area contributed by atoms with Crippen molar-refractivity contribution in [2.45, 2.75) is 46.0 Å². The Bertz CT molecular complexity index is 557. The number of aryl methyl sites for hydroxylation is 1. The number of benzene rings is 1. The maximum absolute atomic E-state index is 13.1. The zero-order valence-corrected chi connectivity index (χ0v) is 13.5. The molecule has 0 heterocycles. The van der Waals surface area contributed by atoms with Crippen molar-refractivity contribution in [1.82, 2.24) is 5.32 Å². The Morgan fingerprint density at radius 1 is 1.17 bits per heavy atom. The largest absolute Gasteiger partial charge is 0.481 e. The molecule has 128 valence electrons. The third kappa shape index (κ3) is 5.30. The molecule has 0 atom stereocenters. The molecular weight excluding hydrogens is 304 g/mol. The number of aliphatic carboxylic acids is 1. The number of carboxylic acid groups (broad SMARTS) is 1. The third-order valence-electron chi connectivity index (χ3n) is 4.28. The second kappa shape index (κ2) is 8.60. The highest BCUT2D eigenvalue weighted by atomic mass is 19.2. The van der Waals surface area contributed by atoms with E-state index in [1.807, 2.05) is 0 Å². The second-order valence-corrected chi connectivity index (χ2v) is 5.67. The first-order chi connectivity index (χ1) is 10.8. The van der Waals surface area contributed by atoms with Crippen molar-refractivity contribution in [3.63, 3.8) is 0 Å². The molecule has 1 aromatic carbocycles. The fourth-order valence-electron chi connectivity index (χ4n) is 2.38. The quantitative estimate of drug-likeness (QED) is 0.731. The van der Waals surface area contributed by atoms with Crippen molar-refractivity contribution in [2.75, 3.05) is 6.54 Å². The van der Waals surface area contributed by atoms with Gasteiger partial charge in [-0.25, -0.2) is 8.78 Å². The summed E-state index contributed by atoms with van der Waals surface area (Å²) in [6.45, 7) is 3.67. The Hall–Kier alpha value is -1.98. The molecule has 0 saturated heterocycles. The van der Waals surface area contributed by atoms with E-state index in [0.29, 0.717) is 31.2 Å². The zero-order valence-electron chi connectivity index (χ0n) is 13.5. The Morgan fingerprint density at radius 2 is 1.83 bits per heavy atom. The molecule has 4 nitrogen and oxygen atoms in total. The molecule has 23 heavy (non-hydrogen) atoms. The molecule has 0 bridgehead atoms. The van der Waals surface area contributed by atoms with Gasteiger partial charge in [-0.15, -0.1) is 0 Å². The predicted octanol–water partition coefficient (Wildman–Crippen LogP) is 3.29. The van der Waals surface area contributed by atoms with E-state index in [1.165, 1.54) is 6.07 Å². The van der Waals surface area contributed by atoms with Gasteiger partial charge in [0.1, 0.15) is 0 Å². The molecule has 2 N–H and O–H groups in total. The van der Waals surface area contributed by atoms with Gasteiger partial charge in [0.25, 0.3) is 0 Å². The lowest BCUT2D eigenvalue weighted by Gasteiger charge is -2.26. The smallest absolute Gasteiger partial charge is 0.311 e. The molecule has 0 radical (unpaired) electrons. The zero-order chi connectivity index (χ0) is 17.5. The summed E-state index contributed by atoms with van der Waals surface area (Å²) in [5.41, 5.74) is -0.311. The number of rotatable bonds is 9. The average Bonchev–Trinajstić information content (AvgIpc) is 2.52. The molecule has 0 saturated carbocycles. The Morgan fingerprint density at radius 3 is 2.35 bits per heavy atom. The standard InChI is InChI=1S/C17H23F2NO3/c1-3-17(4-2,16(22)23)11-20-15(21)7-5-6-12-8-9-13(18)14(19)10-12/h8-10H,3-7,11H2,1-2H3,(H,20,21)(H,22,23). The van der Waals surface area contributed by atoms with E-state index >= 15 is 0 Å². The van der Waals surface area contributed by atoms with E-state index < -0.39 is 23.0 Å². The van der Waals surface area contributed by atoms with E-state index in [1.54, 1.807) is 13.8 Å². The van der Waals surface area contributed by atoms with Crippen LogP contribution in [0.15, 0.2) is 18.2 Å². The van der Waals surface area contributed by atoms with Gasteiger partial charge in [-0.05, 0) is 43.4 Å². The van der Waals surface area contributed by atoms with Crippen LogP contribution in [-0.4, -0.2) is 23.5 Å². The van der Waals surface area contributed by atoms with E-state index in [9.17, 15) is 23.5 Å². The molecule has 0 unspecified atom stereocenters. The number of carbonyl (C=O) groups excluding carboxylic acids is 1. The summed E-state index contributed by atoms with van der Waals surface area (Å²) in [4.78, 5) is 23.2. The van der Waals surface area contributed by atoms with Crippen molar-refractivity contribution in [3.8, 4) is 0 Å². The monoisotopic (exact) mass is 327 g/mol. The maximum atomic E-state index is 13.1. The average molecular weight is 327 g/mol. The van der Waals surface area contributed by atoms with E-state index in [-0.39, 0.29) is 18.9 Å². The van der Waals surface area contributed by atoms with Gasteiger partial charge in [-0.1, -0.05) is 19.9 Å². The Labute approximate surface area is 134 Å². The van der Waals surface area contributed by atoms with Gasteiger partial charge >= 0.3 is 5.97 Å². The first-order valence-corrected chi connectivity index (χ1v) is 7.78. The SMILES string of the molecule is CCC(CC)(CNC(=O)CCCc1ccc(F)c(F)c1)C(=O)O. The molecule has 1 aromatic rings. The molecule has 0 aliphatic heterocycles. The molecule has 6 heteroatoms. The maximum Gasteiger partial charge on any atom is 0.311 e. The fourth-order valence-corrected chi connectivity index (χ4v) is 2.38. The van der Waals surface area contributed by atoms with Crippen LogP contribution in [0.25, 0.3) is 0 Å². The Kier molecular flexibility index (Phi) is 7.13. The molecule has 0 spiro atoms. The lowest BCUT2D eigenvalue weighted by Crippen LogP contribution is -2.42. The number of amides is 1. The van der Waals surface area contributed by atoms with Crippen LogP contribution in [0.5, 0.6) is 0 Å². The predicted molar refractivity (Wildman–Crippen MR) is 83.0 cm³/mol. The van der Waals surface area contributed by atoms with Crippen molar-refractivity contribution < 1.29 is 23.5 Å². The highest BCUT2D eigenvalue weighted by Crippen LogP contribution is 2.25. The van der Waals surface area contributed by atoms with Crippen LogP contribution in [0.2, 0.25) is 0 Å². The molecule has 0 aliphatic rings. The van der Waals surface area contributed by atoms with Crippen LogP contribution < -0.4 is 5.32 Å². The van der Waals surface area contributed by atoms with Crippen LogP contribution in [0, 0.1) is 17.0 Å². The van der Waals surface area contributed by atoms with Gasteiger partial charge in [-0.3, -0.25) is 9.59 Å². The summed E-state index contributed by atoms with van der Waals surface area (Å²) in [5.74, 6) is -2.94. The fraction of sp³-hybridized carbons (Fsp3) is 0.529. The summed E-state index contributed by atoms with van der Waals surface area (Å²) in [6, 6.07) is 3.67. The second-order valence-electron chi connectivity index (χ2n) is 5.67. The topological polar surface area (TPSA) is 66.4 Å². The van der Waals surface area contributed by atoms with Gasteiger partial charge in [0.2, 0.25) is 5.91 Å². The number of hydrogen-bond acceptors (Lipinski definition) is 2. The van der Waals surface area contributed by atoms with Crippen LogP contribution in [0.1, 0.15) is 45.1 Å². The summed E-state index contributed by atoms with van der Waals surface area (Å²) in [7, 11) is 0. The highest BCUT2D eigenvalue weighted by molar-refractivity contribution is 5.79. The van der Waals surface area contributed by atoms with Crippen LogP contribution in [0.4, 0.5) is 8.78 Å². The molecular formula is C17H23F2NO3. The highest BCUT2D eigenvalue weighted by Gasteiger charge is 2.34. The number of carbonyl (C=O) groups is 2. The molecule has 1 amide bonds. The normalized spacial score (nSPS) is 11.3. The van der Waals surface area contributed by atoms with E-state index in [4.69, 9.17) is 0 Å². The molecule has 0 aromatic heterocycles. The lowest BCUT2D eigenvalue weighted by molar-refractivity contribution is -0.149. The minimum atomic E-state index is -0.935. The molecule has 0 aliphatic carbocycles. The van der Waals surface area contributed by atoms with Gasteiger partial charge in [0.05, 0.1) is 5.41 Å². The minimum Gasteiger partial charge on any atom is -0.481 e. The van der Waals surface area contributed by atoms with Crippen molar-refractivity contribution in [1.29, 1.82) is 0 Å². The molecule has 0 fully saturated rings. The van der Waals surface area contributed by atoms with Gasteiger partial charge < -0.3 is 10.4 Å². The first-order valence-electron chi connectivity index (χ1n) is 7.78. The summed E-state index contributed by atoms with van der Waals surface area (Å²) in [5, 5.41) is 12.0. The van der Waals surface area contributed by atoms with E-state index in [0.717, 1.165) is 12.1 Å². The number of halogens is 2. The van der Waals surface area contributed by atoms with Gasteiger partial charge in [-0.2, -0.15) is 0 Å². The number of nitrogens with one attached hydrogen (secondary N) is 1. The van der Waals surface area contributed by atoms with Gasteiger partial charge in [0.15, 0.2) is 11.6 Å². The van der Waals surface area contributed by atoms with E-state index in [2.05, 4.69) is 5.32 Å². The van der Waals surface area contributed by atoms with Crippen molar-refractivity contribution in [3.05, 3.63) is 35.4 Å². The van der Waals surface area contributed by atoms with Gasteiger partial charge in [0, 0.05) is 13.0 Å². The summed E-state index contributed by atoms with van der Waals surface area (Å²) < 4.78 is 25.9. The number of carboxylic acids is 1.